The van der Waals surface area contributed by atoms with Crippen molar-refractivity contribution in [3.05, 3.63) is 47.9 Å². The maximum Gasteiger partial charge on any atom is 0.137 e. The molecule has 0 unspecified atom stereocenters. The Balaban J connectivity index is 2.42. The van der Waals surface area contributed by atoms with Crippen LogP contribution in [-0.4, -0.2) is 15.8 Å². The summed E-state index contributed by atoms with van der Waals surface area (Å²) in [4.78, 5) is 19.8. The Morgan fingerprint density at radius 2 is 1.88 bits per heavy atom. The van der Waals surface area contributed by atoms with Gasteiger partial charge in [0.1, 0.15) is 11.6 Å². The molecule has 86 valence electrons. The molecule has 0 radical (unpaired) electrons. The fourth-order valence-corrected chi connectivity index (χ4v) is 1.69. The zero-order valence-corrected chi connectivity index (χ0v) is 9.97. The van der Waals surface area contributed by atoms with Crippen LogP contribution < -0.4 is 0 Å². The number of hydrogen-bond donors (Lipinski definition) is 0. The van der Waals surface area contributed by atoms with Crippen molar-refractivity contribution < 1.29 is 4.79 Å². The van der Waals surface area contributed by atoms with Gasteiger partial charge in [-0.25, -0.2) is 9.97 Å². The predicted octanol–water partition coefficient (Wildman–Crippen LogP) is 2.58. The van der Waals surface area contributed by atoms with Gasteiger partial charge in [-0.2, -0.15) is 0 Å². The Bertz CT molecular complexity index is 535. The van der Waals surface area contributed by atoms with Crippen LogP contribution in [0.3, 0.4) is 0 Å². The summed E-state index contributed by atoms with van der Waals surface area (Å²) in [5.41, 5.74) is 2.80. The maximum absolute atomic E-state index is 11.1. The van der Waals surface area contributed by atoms with E-state index < -0.39 is 0 Å². The second-order valence-electron chi connectivity index (χ2n) is 4.06. The van der Waals surface area contributed by atoms with E-state index in [1.807, 2.05) is 43.3 Å². The minimum absolute atomic E-state index is 0.0783. The molecule has 0 saturated carbocycles. The summed E-state index contributed by atoms with van der Waals surface area (Å²) < 4.78 is 0. The summed E-state index contributed by atoms with van der Waals surface area (Å²) >= 11 is 0. The fourth-order valence-electron chi connectivity index (χ4n) is 1.69. The van der Waals surface area contributed by atoms with Gasteiger partial charge in [-0.3, -0.25) is 4.79 Å². The summed E-state index contributed by atoms with van der Waals surface area (Å²) in [6.45, 7) is 3.46. The molecule has 0 spiro atoms. The van der Waals surface area contributed by atoms with Crippen molar-refractivity contribution in [1.82, 2.24) is 9.97 Å². The molecule has 0 N–H and O–H groups in total. The van der Waals surface area contributed by atoms with Gasteiger partial charge < -0.3 is 0 Å². The largest absolute Gasteiger partial charge is 0.300 e. The van der Waals surface area contributed by atoms with Crippen LogP contribution in [0.25, 0.3) is 11.3 Å². The quantitative estimate of drug-likeness (QED) is 0.807. The highest BCUT2D eigenvalue weighted by atomic mass is 16.1. The third-order valence-corrected chi connectivity index (χ3v) is 2.38. The zero-order chi connectivity index (χ0) is 12.3. The first kappa shape index (κ1) is 11.5. The van der Waals surface area contributed by atoms with Crippen molar-refractivity contribution >= 4 is 5.78 Å². The first-order chi connectivity index (χ1) is 8.15. The van der Waals surface area contributed by atoms with E-state index in [0.29, 0.717) is 12.2 Å². The summed E-state index contributed by atoms with van der Waals surface area (Å²) in [7, 11) is 0. The van der Waals surface area contributed by atoms with Gasteiger partial charge in [-0.05, 0) is 19.9 Å². The minimum atomic E-state index is 0.0783. The molecule has 2 aromatic rings. The van der Waals surface area contributed by atoms with Gasteiger partial charge in [0, 0.05) is 11.3 Å². The standard InChI is InChI=1S/C14H14N2O/c1-10-8-13(12-6-4-3-5-7-12)16-14(15-10)9-11(2)17/h3-8H,9H2,1-2H3. The van der Waals surface area contributed by atoms with Crippen LogP contribution in [0.2, 0.25) is 0 Å². The van der Waals surface area contributed by atoms with E-state index in [4.69, 9.17) is 0 Å². The van der Waals surface area contributed by atoms with Crippen molar-refractivity contribution in [3.63, 3.8) is 0 Å². The summed E-state index contributed by atoms with van der Waals surface area (Å²) in [5.74, 6) is 0.672. The Hall–Kier alpha value is -2.03. The van der Waals surface area contributed by atoms with E-state index in [2.05, 4.69) is 9.97 Å². The smallest absolute Gasteiger partial charge is 0.137 e. The first-order valence-electron chi connectivity index (χ1n) is 5.54. The second-order valence-corrected chi connectivity index (χ2v) is 4.06. The molecule has 0 aliphatic heterocycles. The number of rotatable bonds is 3. The number of carbonyl (C=O) groups is 1. The Morgan fingerprint density at radius 3 is 2.53 bits per heavy atom. The summed E-state index contributed by atoms with van der Waals surface area (Å²) in [6.07, 6.45) is 0.293. The molecule has 0 amide bonds. The lowest BCUT2D eigenvalue weighted by Crippen LogP contribution is -2.04. The third-order valence-electron chi connectivity index (χ3n) is 2.38. The van der Waals surface area contributed by atoms with Gasteiger partial charge in [-0.1, -0.05) is 30.3 Å². The van der Waals surface area contributed by atoms with Gasteiger partial charge >= 0.3 is 0 Å². The van der Waals surface area contributed by atoms with Crippen LogP contribution in [0.1, 0.15) is 18.4 Å². The van der Waals surface area contributed by atoms with Gasteiger partial charge in [0.15, 0.2) is 0 Å². The van der Waals surface area contributed by atoms with Crippen molar-refractivity contribution in [2.75, 3.05) is 0 Å². The molecular weight excluding hydrogens is 212 g/mol. The number of nitrogens with zero attached hydrogens (tertiary/aromatic N) is 2. The second kappa shape index (κ2) is 4.87. The lowest BCUT2D eigenvalue weighted by Gasteiger charge is -2.04. The average molecular weight is 226 g/mol. The highest BCUT2D eigenvalue weighted by Gasteiger charge is 2.06. The van der Waals surface area contributed by atoms with Crippen LogP contribution in [-0.2, 0) is 11.2 Å². The van der Waals surface area contributed by atoms with Crippen LogP contribution in [0, 0.1) is 6.92 Å². The number of ketones is 1. The highest BCUT2D eigenvalue weighted by molar-refractivity contribution is 5.77. The molecule has 1 heterocycles. The Labute approximate surface area is 101 Å². The fraction of sp³-hybridized carbons (Fsp3) is 0.214. The third kappa shape index (κ3) is 2.97. The molecule has 0 atom stereocenters. The van der Waals surface area contributed by atoms with Crippen molar-refractivity contribution in [1.29, 1.82) is 0 Å². The van der Waals surface area contributed by atoms with E-state index >= 15 is 0 Å². The molecule has 2 rings (SSSR count). The number of aryl methyl sites for hydroxylation is 1. The molecule has 0 aliphatic rings. The minimum Gasteiger partial charge on any atom is -0.300 e. The van der Waals surface area contributed by atoms with E-state index in [1.165, 1.54) is 0 Å². The van der Waals surface area contributed by atoms with E-state index in [9.17, 15) is 4.79 Å². The molecule has 3 heteroatoms. The Morgan fingerprint density at radius 1 is 1.18 bits per heavy atom. The van der Waals surface area contributed by atoms with Crippen LogP contribution >= 0.6 is 0 Å². The van der Waals surface area contributed by atoms with Crippen molar-refractivity contribution in [2.24, 2.45) is 0 Å². The molecule has 17 heavy (non-hydrogen) atoms. The lowest BCUT2D eigenvalue weighted by atomic mass is 10.1. The first-order valence-corrected chi connectivity index (χ1v) is 5.54. The average Bonchev–Trinajstić information content (AvgIpc) is 2.28. The van der Waals surface area contributed by atoms with Crippen molar-refractivity contribution in [3.8, 4) is 11.3 Å². The number of aromatic nitrogens is 2. The zero-order valence-electron chi connectivity index (χ0n) is 9.97. The predicted molar refractivity (Wildman–Crippen MR) is 66.6 cm³/mol. The molecule has 0 bridgehead atoms. The van der Waals surface area contributed by atoms with Gasteiger partial charge in [0.25, 0.3) is 0 Å². The van der Waals surface area contributed by atoms with E-state index in [-0.39, 0.29) is 5.78 Å². The molecule has 1 aromatic heterocycles. The normalized spacial score (nSPS) is 10.2. The SMILES string of the molecule is CC(=O)Cc1nc(C)cc(-c2ccccc2)n1. The van der Waals surface area contributed by atoms with Gasteiger partial charge in [-0.15, -0.1) is 0 Å². The summed E-state index contributed by atoms with van der Waals surface area (Å²) in [5, 5.41) is 0. The molecule has 0 saturated heterocycles. The number of carbonyl (C=O) groups excluding carboxylic acids is 1. The number of Topliss-reactive ketones (excluding diaryl/α,β-unsaturated/α-hetero) is 1. The molecular formula is C14H14N2O. The molecule has 1 aromatic carbocycles. The van der Waals surface area contributed by atoms with Crippen LogP contribution in [0.5, 0.6) is 0 Å². The van der Waals surface area contributed by atoms with Crippen LogP contribution in [0.15, 0.2) is 36.4 Å². The van der Waals surface area contributed by atoms with Crippen molar-refractivity contribution in [2.45, 2.75) is 20.3 Å². The van der Waals surface area contributed by atoms with E-state index in [1.54, 1.807) is 6.92 Å². The highest BCUT2D eigenvalue weighted by Crippen LogP contribution is 2.17. The maximum atomic E-state index is 11.1. The van der Waals surface area contributed by atoms with Gasteiger partial charge in [0.2, 0.25) is 0 Å². The van der Waals surface area contributed by atoms with Crippen LogP contribution in [0.4, 0.5) is 0 Å². The summed E-state index contributed by atoms with van der Waals surface area (Å²) in [6, 6.07) is 11.8. The number of benzene rings is 1. The monoisotopic (exact) mass is 226 g/mol. The Kier molecular flexibility index (Phi) is 3.28. The molecule has 0 fully saturated rings. The van der Waals surface area contributed by atoms with E-state index in [0.717, 1.165) is 17.0 Å². The topological polar surface area (TPSA) is 42.9 Å². The molecule has 3 nitrogen and oxygen atoms in total. The van der Waals surface area contributed by atoms with Gasteiger partial charge in [0.05, 0.1) is 12.1 Å². The molecule has 0 aliphatic carbocycles. The lowest BCUT2D eigenvalue weighted by molar-refractivity contribution is -0.116. The number of hydrogen-bond acceptors (Lipinski definition) is 3.